The number of rotatable bonds is 12. The summed E-state index contributed by atoms with van der Waals surface area (Å²) in [5.41, 5.74) is 2.14. The predicted octanol–water partition coefficient (Wildman–Crippen LogP) is 6.33. The van der Waals surface area contributed by atoms with Gasteiger partial charge >= 0.3 is 0 Å². The van der Waals surface area contributed by atoms with Gasteiger partial charge in [-0.25, -0.2) is 0 Å². The lowest BCUT2D eigenvalue weighted by Gasteiger charge is -2.16. The average molecular weight is 614 g/mol. The quantitative estimate of drug-likeness (QED) is 0.102. The van der Waals surface area contributed by atoms with E-state index in [1.807, 2.05) is 42.7 Å². The van der Waals surface area contributed by atoms with Gasteiger partial charge in [-0.15, -0.1) is 10.2 Å². The summed E-state index contributed by atoms with van der Waals surface area (Å²) in [5, 5.41) is 31.0. The lowest BCUT2D eigenvalue weighted by molar-refractivity contribution is -0.479. The number of nitrogens with zero attached hydrogens (tertiary/aromatic N) is 5. The number of thioether (sulfide) groups is 1. The van der Waals surface area contributed by atoms with Crippen LogP contribution in [0.2, 0.25) is 0 Å². The van der Waals surface area contributed by atoms with Gasteiger partial charge in [0, 0.05) is 22.7 Å². The van der Waals surface area contributed by atoms with Crippen molar-refractivity contribution in [2.24, 2.45) is 0 Å². The largest absolute Gasteiger partial charge is 0.494 e. The molecule has 4 rings (SSSR count). The summed E-state index contributed by atoms with van der Waals surface area (Å²) in [6.07, 6.45) is 0. The number of aryl methyl sites for hydroxylation is 1. The number of hydrogen-bond donors (Lipinski definition) is 0. The molecule has 0 saturated carbocycles. The van der Waals surface area contributed by atoms with E-state index in [4.69, 9.17) is 9.47 Å². The summed E-state index contributed by atoms with van der Waals surface area (Å²) in [6.45, 7) is 4.08. The van der Waals surface area contributed by atoms with Crippen molar-refractivity contribution in [1.82, 2.24) is 14.8 Å². The highest BCUT2D eigenvalue weighted by Crippen LogP contribution is 2.39. The van der Waals surface area contributed by atoms with Crippen LogP contribution in [0, 0.1) is 27.2 Å². The van der Waals surface area contributed by atoms with Gasteiger partial charge in [0.25, 0.3) is 5.69 Å². The molecule has 0 aliphatic rings. The fourth-order valence-electron chi connectivity index (χ4n) is 3.80. The van der Waals surface area contributed by atoms with Gasteiger partial charge in [0.1, 0.15) is 29.2 Å². The molecule has 0 amide bonds. The van der Waals surface area contributed by atoms with E-state index in [0.717, 1.165) is 11.4 Å². The van der Waals surface area contributed by atoms with Crippen molar-refractivity contribution < 1.29 is 19.3 Å². The highest BCUT2D eigenvalue weighted by Gasteiger charge is 2.24. The van der Waals surface area contributed by atoms with E-state index in [-0.39, 0.29) is 23.8 Å². The Hall–Kier alpha value is -3.97. The first-order chi connectivity index (χ1) is 18.7. The van der Waals surface area contributed by atoms with Crippen molar-refractivity contribution in [2.45, 2.75) is 30.9 Å². The molecular weight excluding hydrogens is 590 g/mol. The van der Waals surface area contributed by atoms with E-state index in [9.17, 15) is 20.2 Å². The van der Waals surface area contributed by atoms with Crippen LogP contribution in [0.1, 0.15) is 29.1 Å². The summed E-state index contributed by atoms with van der Waals surface area (Å²) in [6, 6.07) is 18.9. The molecule has 0 aliphatic carbocycles. The topological polar surface area (TPSA) is 135 Å². The van der Waals surface area contributed by atoms with Crippen LogP contribution < -0.4 is 9.47 Å². The van der Waals surface area contributed by atoms with Crippen LogP contribution in [0.25, 0.3) is 5.69 Å². The predicted molar refractivity (Wildman–Crippen MR) is 149 cm³/mol. The Kier molecular flexibility index (Phi) is 9.15. The van der Waals surface area contributed by atoms with Gasteiger partial charge in [-0.05, 0) is 77.3 Å². The maximum Gasteiger partial charge on any atom is 0.269 e. The van der Waals surface area contributed by atoms with E-state index in [0.29, 0.717) is 38.9 Å². The number of benzene rings is 3. The van der Waals surface area contributed by atoms with E-state index in [2.05, 4.69) is 26.1 Å². The molecule has 0 unspecified atom stereocenters. The first-order valence-corrected chi connectivity index (χ1v) is 13.5. The Morgan fingerprint density at radius 1 is 1.03 bits per heavy atom. The summed E-state index contributed by atoms with van der Waals surface area (Å²) in [7, 11) is 0. The first-order valence-electron chi connectivity index (χ1n) is 11.8. The van der Waals surface area contributed by atoms with Crippen LogP contribution in [-0.4, -0.2) is 37.8 Å². The molecule has 202 valence electrons. The smallest absolute Gasteiger partial charge is 0.269 e. The number of nitro groups is 2. The third-order valence-electron chi connectivity index (χ3n) is 5.61. The van der Waals surface area contributed by atoms with Crippen molar-refractivity contribution in [1.29, 1.82) is 0 Å². The minimum Gasteiger partial charge on any atom is -0.494 e. The zero-order valence-corrected chi connectivity index (χ0v) is 23.4. The Labute approximate surface area is 236 Å². The van der Waals surface area contributed by atoms with Crippen molar-refractivity contribution in [2.75, 3.05) is 13.2 Å². The van der Waals surface area contributed by atoms with Gasteiger partial charge in [-0.2, -0.15) is 0 Å². The molecule has 4 aromatic rings. The van der Waals surface area contributed by atoms with Crippen LogP contribution in [-0.2, 0) is 6.61 Å². The second kappa shape index (κ2) is 12.7. The van der Waals surface area contributed by atoms with Crippen LogP contribution in [0.4, 0.5) is 5.69 Å². The monoisotopic (exact) mass is 613 g/mol. The zero-order valence-electron chi connectivity index (χ0n) is 21.0. The molecule has 1 aromatic heterocycles. The third-order valence-corrected chi connectivity index (χ3v) is 7.41. The molecule has 0 saturated heterocycles. The van der Waals surface area contributed by atoms with Crippen molar-refractivity contribution in [3.05, 3.63) is 108 Å². The Morgan fingerprint density at radius 3 is 2.46 bits per heavy atom. The standard InChI is InChI=1S/C26H24BrN5O6S/c1-3-37-22-10-8-20(9-11-22)31-17(2)28-29-26(31)39-25(15-30(33)34)19-7-12-24(23(27)14-19)38-16-18-5-4-6-21(13-18)32(35)36/h4-14,25H,3,15-16H2,1-2H3/t25-/m1/s1. The molecule has 11 nitrogen and oxygen atoms in total. The fraction of sp³-hybridized carbons (Fsp3) is 0.231. The van der Waals surface area contributed by atoms with E-state index in [1.54, 1.807) is 30.3 Å². The highest BCUT2D eigenvalue weighted by molar-refractivity contribution is 9.10. The number of ether oxygens (including phenoxy) is 2. The molecule has 0 bridgehead atoms. The second-order valence-corrected chi connectivity index (χ2v) is 10.3. The SMILES string of the molecule is CCOc1ccc(-n2c(C)nnc2S[C@H](C[N+](=O)[O-])c2ccc(OCc3cccc([N+](=O)[O-])c3)c(Br)c2)cc1. The first kappa shape index (κ1) is 28.0. The van der Waals surface area contributed by atoms with Gasteiger partial charge in [-0.3, -0.25) is 24.8 Å². The molecule has 13 heteroatoms. The highest BCUT2D eigenvalue weighted by atomic mass is 79.9. The number of non-ortho nitro benzene ring substituents is 1. The van der Waals surface area contributed by atoms with Gasteiger partial charge in [0.15, 0.2) is 5.16 Å². The molecule has 0 spiro atoms. The Balaban J connectivity index is 1.55. The minimum absolute atomic E-state index is 0.0153. The summed E-state index contributed by atoms with van der Waals surface area (Å²) in [4.78, 5) is 21.8. The molecule has 39 heavy (non-hydrogen) atoms. The van der Waals surface area contributed by atoms with E-state index < -0.39 is 10.2 Å². The van der Waals surface area contributed by atoms with Crippen LogP contribution >= 0.6 is 27.7 Å². The number of aromatic nitrogens is 3. The Morgan fingerprint density at radius 2 is 1.79 bits per heavy atom. The van der Waals surface area contributed by atoms with Crippen molar-refractivity contribution >= 4 is 33.4 Å². The fourth-order valence-corrected chi connectivity index (χ4v) is 5.48. The van der Waals surface area contributed by atoms with Crippen LogP contribution in [0.15, 0.2) is 76.4 Å². The summed E-state index contributed by atoms with van der Waals surface area (Å²) < 4.78 is 13.8. The van der Waals surface area contributed by atoms with Gasteiger partial charge < -0.3 is 9.47 Å². The summed E-state index contributed by atoms with van der Waals surface area (Å²) >= 11 is 4.74. The maximum atomic E-state index is 11.6. The molecule has 1 atom stereocenters. The summed E-state index contributed by atoms with van der Waals surface area (Å²) in [5.74, 6) is 1.89. The van der Waals surface area contributed by atoms with Gasteiger partial charge in [0.05, 0.1) is 16.0 Å². The van der Waals surface area contributed by atoms with Crippen molar-refractivity contribution in [3.63, 3.8) is 0 Å². The van der Waals surface area contributed by atoms with E-state index in [1.165, 1.54) is 23.9 Å². The normalized spacial score (nSPS) is 11.7. The van der Waals surface area contributed by atoms with E-state index >= 15 is 0 Å². The molecule has 0 radical (unpaired) electrons. The second-order valence-electron chi connectivity index (χ2n) is 8.32. The molecule has 0 fully saturated rings. The maximum absolute atomic E-state index is 11.6. The average Bonchev–Trinajstić information content (AvgIpc) is 3.27. The van der Waals surface area contributed by atoms with Crippen LogP contribution in [0.5, 0.6) is 11.5 Å². The zero-order chi connectivity index (χ0) is 27.9. The molecule has 1 heterocycles. The van der Waals surface area contributed by atoms with Crippen molar-refractivity contribution in [3.8, 4) is 17.2 Å². The third kappa shape index (κ3) is 7.12. The lowest BCUT2D eigenvalue weighted by Crippen LogP contribution is -2.11. The van der Waals surface area contributed by atoms with Gasteiger partial charge in [-0.1, -0.05) is 30.0 Å². The minimum atomic E-state index is -0.563. The number of hydrogen-bond acceptors (Lipinski definition) is 9. The van der Waals surface area contributed by atoms with Gasteiger partial charge in [0.2, 0.25) is 6.54 Å². The lowest BCUT2D eigenvalue weighted by atomic mass is 10.1. The molecule has 0 aliphatic heterocycles. The van der Waals surface area contributed by atoms with Crippen LogP contribution in [0.3, 0.4) is 0 Å². The molecular formula is C26H24BrN5O6S. The molecule has 3 aromatic carbocycles. The number of nitro benzene ring substituents is 1. The Bertz CT molecular complexity index is 1480. The number of halogens is 1. The molecule has 0 N–H and O–H groups in total.